The Morgan fingerprint density at radius 1 is 1.39 bits per heavy atom. The van der Waals surface area contributed by atoms with Crippen LogP contribution in [0.3, 0.4) is 0 Å². The summed E-state index contributed by atoms with van der Waals surface area (Å²) in [5.74, 6) is -0.357. The summed E-state index contributed by atoms with van der Waals surface area (Å²) >= 11 is 5.83. The van der Waals surface area contributed by atoms with Crippen LogP contribution in [0.25, 0.3) is 0 Å². The van der Waals surface area contributed by atoms with Crippen molar-refractivity contribution in [3.05, 3.63) is 34.6 Å². The number of halogens is 2. The summed E-state index contributed by atoms with van der Waals surface area (Å²) in [6.07, 6.45) is 0. The fraction of sp³-hybridized carbons (Fsp3) is 0.571. The van der Waals surface area contributed by atoms with E-state index in [0.29, 0.717) is 12.1 Å². The molecule has 1 aromatic carbocycles. The highest BCUT2D eigenvalue weighted by Gasteiger charge is 2.41. The minimum absolute atomic E-state index is 0.0204. The Morgan fingerprint density at radius 3 is 2.61 bits per heavy atom. The van der Waals surface area contributed by atoms with Crippen molar-refractivity contribution in [2.45, 2.75) is 38.8 Å². The summed E-state index contributed by atoms with van der Waals surface area (Å²) < 4.78 is 14.0. The highest BCUT2D eigenvalue weighted by atomic mass is 35.5. The molecule has 1 aliphatic heterocycles. The molecule has 0 amide bonds. The minimum atomic E-state index is -0.337. The predicted octanol–water partition coefficient (Wildman–Crippen LogP) is 2.91. The molecule has 1 saturated heterocycles. The van der Waals surface area contributed by atoms with E-state index in [2.05, 4.69) is 26.1 Å². The second kappa shape index (κ2) is 4.80. The molecule has 0 bridgehead atoms. The molecule has 18 heavy (non-hydrogen) atoms. The van der Waals surface area contributed by atoms with Crippen molar-refractivity contribution in [3.63, 3.8) is 0 Å². The molecule has 0 saturated carbocycles. The number of benzene rings is 1. The maximum absolute atomic E-state index is 14.0. The molecule has 2 nitrogen and oxygen atoms in total. The Kier molecular flexibility index (Phi) is 3.67. The predicted molar refractivity (Wildman–Crippen MR) is 73.4 cm³/mol. The van der Waals surface area contributed by atoms with Gasteiger partial charge in [0.05, 0.1) is 5.02 Å². The smallest absolute Gasteiger partial charge is 0.145 e. The van der Waals surface area contributed by atoms with Crippen LogP contribution >= 0.6 is 11.6 Å². The van der Waals surface area contributed by atoms with Gasteiger partial charge in [-0.1, -0.05) is 44.5 Å². The van der Waals surface area contributed by atoms with E-state index in [-0.39, 0.29) is 34.3 Å². The van der Waals surface area contributed by atoms with Crippen LogP contribution in [0.2, 0.25) is 5.02 Å². The molecule has 2 rings (SSSR count). The fourth-order valence-electron chi connectivity index (χ4n) is 2.77. The van der Waals surface area contributed by atoms with Crippen LogP contribution in [-0.4, -0.2) is 18.6 Å². The zero-order valence-corrected chi connectivity index (χ0v) is 11.8. The normalized spacial score (nSPS) is 28.7. The lowest BCUT2D eigenvalue weighted by Crippen LogP contribution is -2.47. The molecule has 0 aromatic heterocycles. The number of nitrogens with two attached hydrogens (primary N) is 1. The summed E-state index contributed by atoms with van der Waals surface area (Å²) in [5.41, 5.74) is 6.97. The van der Waals surface area contributed by atoms with E-state index in [9.17, 15) is 4.39 Å². The summed E-state index contributed by atoms with van der Waals surface area (Å²) in [6.45, 7) is 7.12. The van der Waals surface area contributed by atoms with E-state index in [4.69, 9.17) is 17.3 Å². The Morgan fingerprint density at radius 2 is 2.06 bits per heavy atom. The van der Waals surface area contributed by atoms with Gasteiger partial charge < -0.3 is 11.1 Å². The van der Waals surface area contributed by atoms with Gasteiger partial charge in [-0.2, -0.15) is 0 Å². The number of hydrogen-bond acceptors (Lipinski definition) is 2. The average molecular weight is 271 g/mol. The van der Waals surface area contributed by atoms with Gasteiger partial charge in [-0.05, 0) is 17.0 Å². The zero-order chi connectivity index (χ0) is 13.5. The fourth-order valence-corrected chi connectivity index (χ4v) is 2.95. The van der Waals surface area contributed by atoms with Crippen LogP contribution in [0.1, 0.15) is 32.3 Å². The summed E-state index contributed by atoms with van der Waals surface area (Å²) in [5, 5.41) is 3.57. The Balaban J connectivity index is 2.29. The Hall–Kier alpha value is -0.640. The average Bonchev–Trinajstić information content (AvgIpc) is 2.64. The molecule has 1 heterocycles. The first kappa shape index (κ1) is 13.8. The van der Waals surface area contributed by atoms with Gasteiger partial charge in [0.1, 0.15) is 5.82 Å². The van der Waals surface area contributed by atoms with Crippen molar-refractivity contribution in [2.24, 2.45) is 11.1 Å². The molecule has 1 aliphatic rings. The Bertz CT molecular complexity index is 442. The van der Waals surface area contributed by atoms with Gasteiger partial charge >= 0.3 is 0 Å². The highest BCUT2D eigenvalue weighted by Crippen LogP contribution is 2.35. The van der Waals surface area contributed by atoms with Crippen molar-refractivity contribution in [1.82, 2.24) is 5.32 Å². The molecule has 1 fully saturated rings. The first-order chi connectivity index (χ1) is 8.32. The molecular formula is C14H20ClFN2. The van der Waals surface area contributed by atoms with Gasteiger partial charge in [0.25, 0.3) is 0 Å². The molecule has 0 spiro atoms. The summed E-state index contributed by atoms with van der Waals surface area (Å²) in [7, 11) is 0. The van der Waals surface area contributed by atoms with Gasteiger partial charge in [-0.3, -0.25) is 0 Å². The van der Waals surface area contributed by atoms with E-state index in [1.807, 2.05) is 0 Å². The van der Waals surface area contributed by atoms with Gasteiger partial charge in [0.15, 0.2) is 0 Å². The zero-order valence-electron chi connectivity index (χ0n) is 11.0. The van der Waals surface area contributed by atoms with Gasteiger partial charge in [0, 0.05) is 24.5 Å². The maximum atomic E-state index is 14.0. The topological polar surface area (TPSA) is 38.0 Å². The van der Waals surface area contributed by atoms with Gasteiger partial charge in [-0.25, -0.2) is 4.39 Å². The molecule has 3 unspecified atom stereocenters. The standard InChI is InChI=1S/C14H20ClFN2/c1-14(2,3)13-12(17)9(7-18-13)8-5-4-6-10(15)11(8)16/h4-6,9,12-13,18H,7,17H2,1-3H3. The lowest BCUT2D eigenvalue weighted by Gasteiger charge is -2.31. The lowest BCUT2D eigenvalue weighted by molar-refractivity contribution is 0.271. The highest BCUT2D eigenvalue weighted by molar-refractivity contribution is 6.30. The summed E-state index contributed by atoms with van der Waals surface area (Å²) in [6, 6.07) is 5.20. The molecule has 1 aromatic rings. The van der Waals surface area contributed by atoms with Crippen molar-refractivity contribution in [1.29, 1.82) is 0 Å². The molecular weight excluding hydrogens is 251 g/mol. The van der Waals surface area contributed by atoms with Crippen LogP contribution in [0.5, 0.6) is 0 Å². The van der Waals surface area contributed by atoms with Gasteiger partial charge in [-0.15, -0.1) is 0 Å². The third-order valence-electron chi connectivity index (χ3n) is 3.72. The molecule has 0 radical (unpaired) electrons. The number of rotatable bonds is 1. The van der Waals surface area contributed by atoms with Crippen LogP contribution in [0.4, 0.5) is 4.39 Å². The molecule has 3 atom stereocenters. The third kappa shape index (κ3) is 2.40. The first-order valence-electron chi connectivity index (χ1n) is 6.25. The van der Waals surface area contributed by atoms with Crippen LogP contribution in [-0.2, 0) is 0 Å². The molecule has 4 heteroatoms. The van der Waals surface area contributed by atoms with Crippen molar-refractivity contribution in [2.75, 3.05) is 6.54 Å². The maximum Gasteiger partial charge on any atom is 0.145 e. The quantitative estimate of drug-likeness (QED) is 0.824. The van der Waals surface area contributed by atoms with Crippen molar-refractivity contribution in [3.8, 4) is 0 Å². The molecule has 100 valence electrons. The summed E-state index contributed by atoms with van der Waals surface area (Å²) in [4.78, 5) is 0. The minimum Gasteiger partial charge on any atom is -0.326 e. The van der Waals surface area contributed by atoms with Crippen LogP contribution in [0, 0.1) is 11.2 Å². The lowest BCUT2D eigenvalue weighted by atomic mass is 9.80. The third-order valence-corrected chi connectivity index (χ3v) is 4.01. The number of nitrogens with one attached hydrogen (secondary N) is 1. The van der Waals surface area contributed by atoms with Crippen LogP contribution in [0.15, 0.2) is 18.2 Å². The SMILES string of the molecule is CC(C)(C)C1NCC(c2cccc(Cl)c2F)C1N. The van der Waals surface area contributed by atoms with E-state index >= 15 is 0 Å². The monoisotopic (exact) mass is 270 g/mol. The Labute approximate surface area is 113 Å². The molecule has 3 N–H and O–H groups in total. The van der Waals surface area contributed by atoms with Gasteiger partial charge in [0.2, 0.25) is 0 Å². The second-order valence-electron chi connectivity index (χ2n) is 6.08. The largest absolute Gasteiger partial charge is 0.326 e. The molecule has 0 aliphatic carbocycles. The van der Waals surface area contributed by atoms with Crippen LogP contribution < -0.4 is 11.1 Å². The second-order valence-corrected chi connectivity index (χ2v) is 6.49. The number of hydrogen-bond donors (Lipinski definition) is 2. The van der Waals surface area contributed by atoms with E-state index < -0.39 is 0 Å². The van der Waals surface area contributed by atoms with E-state index in [1.165, 1.54) is 0 Å². The van der Waals surface area contributed by atoms with E-state index in [1.54, 1.807) is 18.2 Å². The van der Waals surface area contributed by atoms with Crippen molar-refractivity contribution >= 4 is 11.6 Å². The first-order valence-corrected chi connectivity index (χ1v) is 6.63. The van der Waals surface area contributed by atoms with Crippen molar-refractivity contribution < 1.29 is 4.39 Å². The van der Waals surface area contributed by atoms with E-state index in [0.717, 1.165) is 0 Å².